The Morgan fingerprint density at radius 2 is 1.58 bits per heavy atom. The fourth-order valence-electron chi connectivity index (χ4n) is 4.23. The van der Waals surface area contributed by atoms with Crippen LogP contribution in [0.1, 0.15) is 64.9 Å². The molecule has 1 saturated carbocycles. The lowest BCUT2D eigenvalue weighted by atomic mass is 9.63. The highest BCUT2D eigenvalue weighted by Gasteiger charge is 2.44. The second-order valence-corrected chi connectivity index (χ2v) is 9.92. The number of piperidine rings is 1. The summed E-state index contributed by atoms with van der Waals surface area (Å²) in [6, 6.07) is 8.04. The van der Waals surface area contributed by atoms with Crippen LogP contribution in [0, 0.1) is 5.41 Å². The molecule has 2 aliphatic rings. The van der Waals surface area contributed by atoms with Gasteiger partial charge in [0.15, 0.2) is 0 Å². The molecule has 1 spiro atoms. The Morgan fingerprint density at radius 3 is 2.08 bits per heavy atom. The maximum atomic E-state index is 12.3. The summed E-state index contributed by atoms with van der Waals surface area (Å²) in [5.41, 5.74) is 0.119. The van der Waals surface area contributed by atoms with Gasteiger partial charge < -0.3 is 14.7 Å². The number of hydrogen-bond donors (Lipinski definition) is 1. The number of carbonyl (C=O) groups excluding carboxylic acids is 1. The molecule has 1 amide bonds. The van der Waals surface area contributed by atoms with Gasteiger partial charge in [-0.2, -0.15) is 0 Å². The van der Waals surface area contributed by atoms with Crippen molar-refractivity contribution in [1.29, 1.82) is 0 Å². The van der Waals surface area contributed by atoms with E-state index in [2.05, 4.69) is 15.9 Å². The number of amides is 1. The van der Waals surface area contributed by atoms with Crippen LogP contribution in [0.5, 0.6) is 0 Å². The van der Waals surface area contributed by atoms with E-state index in [9.17, 15) is 9.90 Å². The normalized spacial score (nSPS) is 22.3. The van der Waals surface area contributed by atoms with Crippen molar-refractivity contribution in [3.8, 4) is 0 Å². The molecule has 1 aliphatic carbocycles. The highest BCUT2D eigenvalue weighted by atomic mass is 79.9. The van der Waals surface area contributed by atoms with E-state index in [1.807, 2.05) is 49.9 Å². The summed E-state index contributed by atoms with van der Waals surface area (Å²) in [4.78, 5) is 14.1. The molecule has 0 bridgehead atoms. The van der Waals surface area contributed by atoms with Gasteiger partial charge in [-0.25, -0.2) is 4.79 Å². The van der Waals surface area contributed by atoms with Gasteiger partial charge in [0.1, 0.15) is 5.60 Å². The van der Waals surface area contributed by atoms with Gasteiger partial charge in [-0.1, -0.05) is 28.1 Å². The zero-order chi connectivity index (χ0) is 19.0. The number of aliphatic hydroxyl groups is 1. The first kappa shape index (κ1) is 19.7. The third kappa shape index (κ3) is 4.42. The van der Waals surface area contributed by atoms with E-state index in [1.54, 1.807) is 0 Å². The van der Waals surface area contributed by atoms with Crippen LogP contribution in [-0.2, 0) is 10.3 Å². The van der Waals surface area contributed by atoms with Crippen molar-refractivity contribution in [1.82, 2.24) is 4.90 Å². The number of likely N-dealkylation sites (tertiary alicyclic amines) is 1. The predicted octanol–water partition coefficient (Wildman–Crippen LogP) is 5.23. The molecule has 0 unspecified atom stereocenters. The third-order valence-electron chi connectivity index (χ3n) is 6.00. The molecule has 1 aromatic carbocycles. The van der Waals surface area contributed by atoms with Gasteiger partial charge >= 0.3 is 6.09 Å². The molecule has 144 valence electrons. The first-order valence-corrected chi connectivity index (χ1v) is 10.4. The lowest BCUT2D eigenvalue weighted by Gasteiger charge is -2.48. The minimum absolute atomic E-state index is 0.200. The van der Waals surface area contributed by atoms with Crippen LogP contribution < -0.4 is 0 Å². The Kier molecular flexibility index (Phi) is 5.42. The Hall–Kier alpha value is -1.07. The van der Waals surface area contributed by atoms with Gasteiger partial charge in [0.2, 0.25) is 0 Å². The predicted molar refractivity (Wildman–Crippen MR) is 106 cm³/mol. The second-order valence-electron chi connectivity index (χ2n) is 9.01. The molecule has 1 aromatic rings. The van der Waals surface area contributed by atoms with Crippen molar-refractivity contribution in [2.24, 2.45) is 5.41 Å². The molecular weight excluding hydrogens is 394 g/mol. The Balaban J connectivity index is 1.57. The number of carbonyl (C=O) groups is 1. The highest BCUT2D eigenvalue weighted by Crippen LogP contribution is 2.50. The number of nitrogens with zero attached hydrogens (tertiary/aromatic N) is 1. The van der Waals surface area contributed by atoms with Crippen molar-refractivity contribution < 1.29 is 14.6 Å². The molecule has 26 heavy (non-hydrogen) atoms. The quantitative estimate of drug-likeness (QED) is 0.672. The number of ether oxygens (including phenoxy) is 1. The first-order chi connectivity index (χ1) is 12.1. The maximum Gasteiger partial charge on any atom is 0.410 e. The molecule has 1 aliphatic heterocycles. The topological polar surface area (TPSA) is 49.8 Å². The van der Waals surface area contributed by atoms with Gasteiger partial charge in [-0.3, -0.25) is 0 Å². The fraction of sp³-hybridized carbons (Fsp3) is 0.667. The molecule has 1 saturated heterocycles. The first-order valence-electron chi connectivity index (χ1n) is 9.57. The van der Waals surface area contributed by atoms with E-state index in [0.29, 0.717) is 0 Å². The van der Waals surface area contributed by atoms with Gasteiger partial charge in [0.05, 0.1) is 5.60 Å². The van der Waals surface area contributed by atoms with Crippen molar-refractivity contribution in [3.63, 3.8) is 0 Å². The summed E-state index contributed by atoms with van der Waals surface area (Å²) < 4.78 is 6.53. The molecule has 1 heterocycles. The van der Waals surface area contributed by atoms with Gasteiger partial charge in [0, 0.05) is 17.6 Å². The fourth-order valence-corrected chi connectivity index (χ4v) is 4.50. The lowest BCUT2D eigenvalue weighted by molar-refractivity contribution is -0.0582. The standard InChI is InChI=1S/C21H30BrNO3/c1-19(2,3)26-18(24)23-14-12-20(13-15-23)8-10-21(25,11-9-20)16-4-6-17(22)7-5-16/h4-7,25H,8-15H2,1-3H3. The summed E-state index contributed by atoms with van der Waals surface area (Å²) in [6.45, 7) is 7.22. The molecule has 4 nitrogen and oxygen atoms in total. The van der Waals surface area contributed by atoms with E-state index < -0.39 is 11.2 Å². The number of rotatable bonds is 1. The second kappa shape index (κ2) is 7.16. The summed E-state index contributed by atoms with van der Waals surface area (Å²) in [6.07, 6.45) is 5.42. The Morgan fingerprint density at radius 1 is 1.04 bits per heavy atom. The zero-order valence-electron chi connectivity index (χ0n) is 16.1. The minimum Gasteiger partial charge on any atom is -0.444 e. The van der Waals surface area contributed by atoms with E-state index in [1.165, 1.54) is 0 Å². The molecule has 1 N–H and O–H groups in total. The summed E-state index contributed by atoms with van der Waals surface area (Å²) in [5.74, 6) is 0. The van der Waals surface area contributed by atoms with Gasteiger partial charge in [-0.05, 0) is 82.4 Å². The van der Waals surface area contributed by atoms with Gasteiger partial charge in [-0.15, -0.1) is 0 Å². The molecule has 0 aromatic heterocycles. The summed E-state index contributed by atoms with van der Waals surface area (Å²) in [5, 5.41) is 11.1. The minimum atomic E-state index is -0.714. The number of halogens is 1. The summed E-state index contributed by atoms with van der Waals surface area (Å²) >= 11 is 3.46. The van der Waals surface area contributed by atoms with Crippen molar-refractivity contribution >= 4 is 22.0 Å². The van der Waals surface area contributed by atoms with Crippen molar-refractivity contribution in [2.75, 3.05) is 13.1 Å². The average Bonchev–Trinajstić information content (AvgIpc) is 2.58. The van der Waals surface area contributed by atoms with Gasteiger partial charge in [0.25, 0.3) is 0 Å². The molecule has 0 atom stereocenters. The highest BCUT2D eigenvalue weighted by molar-refractivity contribution is 9.10. The Labute approximate surface area is 165 Å². The maximum absolute atomic E-state index is 12.3. The molecule has 2 fully saturated rings. The van der Waals surface area contributed by atoms with E-state index in [-0.39, 0.29) is 11.5 Å². The van der Waals surface area contributed by atoms with Crippen LogP contribution in [0.2, 0.25) is 0 Å². The van der Waals surface area contributed by atoms with Crippen molar-refractivity contribution in [3.05, 3.63) is 34.3 Å². The Bertz CT molecular complexity index is 632. The van der Waals surface area contributed by atoms with E-state index in [0.717, 1.165) is 61.7 Å². The van der Waals surface area contributed by atoms with Crippen LogP contribution >= 0.6 is 15.9 Å². The monoisotopic (exact) mass is 423 g/mol. The largest absolute Gasteiger partial charge is 0.444 e. The zero-order valence-corrected chi connectivity index (χ0v) is 17.6. The van der Waals surface area contributed by atoms with Crippen LogP contribution in [-0.4, -0.2) is 34.8 Å². The van der Waals surface area contributed by atoms with Crippen LogP contribution in [0.3, 0.4) is 0 Å². The number of benzene rings is 1. The summed E-state index contributed by atoms with van der Waals surface area (Å²) in [7, 11) is 0. The van der Waals surface area contributed by atoms with Crippen LogP contribution in [0.25, 0.3) is 0 Å². The van der Waals surface area contributed by atoms with E-state index >= 15 is 0 Å². The van der Waals surface area contributed by atoms with Crippen LogP contribution in [0.4, 0.5) is 4.79 Å². The smallest absolute Gasteiger partial charge is 0.410 e. The average molecular weight is 424 g/mol. The number of hydrogen-bond acceptors (Lipinski definition) is 3. The van der Waals surface area contributed by atoms with Crippen molar-refractivity contribution in [2.45, 2.75) is 70.5 Å². The third-order valence-corrected chi connectivity index (χ3v) is 6.52. The molecular formula is C21H30BrNO3. The molecule has 5 heteroatoms. The van der Waals surface area contributed by atoms with Crippen LogP contribution in [0.15, 0.2) is 28.7 Å². The molecule has 3 rings (SSSR count). The van der Waals surface area contributed by atoms with E-state index in [4.69, 9.17) is 4.74 Å². The SMILES string of the molecule is CC(C)(C)OC(=O)N1CCC2(CC1)CCC(O)(c1ccc(Br)cc1)CC2. The lowest BCUT2D eigenvalue weighted by Crippen LogP contribution is -2.47. The molecule has 0 radical (unpaired) electrons.